The molecule has 0 bridgehead atoms. The van der Waals surface area contributed by atoms with E-state index in [1.807, 2.05) is 6.92 Å². The molecule has 0 aromatic heterocycles. The number of carbonyl (C=O) groups excluding carboxylic acids is 1. The zero-order valence-corrected chi connectivity index (χ0v) is 14.5. The monoisotopic (exact) mass is 366 g/mol. The molecule has 2 aromatic rings. The summed E-state index contributed by atoms with van der Waals surface area (Å²) < 4.78 is 44.7. The highest BCUT2D eigenvalue weighted by molar-refractivity contribution is 7.89. The van der Waals surface area contributed by atoms with Crippen LogP contribution in [0.2, 0.25) is 0 Å². The first-order chi connectivity index (χ1) is 11.9. The van der Waals surface area contributed by atoms with Gasteiger partial charge in [-0.25, -0.2) is 17.5 Å². The third kappa shape index (κ3) is 5.84. The largest absolute Gasteiger partial charge is 0.484 e. The second-order valence-electron chi connectivity index (χ2n) is 5.22. The molecule has 2 aromatic carbocycles. The molecular formula is C17H19FN2O4S. The number of hydrogen-bond donors (Lipinski definition) is 2. The lowest BCUT2D eigenvalue weighted by Gasteiger charge is -2.09. The number of halogens is 1. The predicted octanol–water partition coefficient (Wildman–Crippen LogP) is 2.53. The third-order valence-corrected chi connectivity index (χ3v) is 4.63. The maximum absolute atomic E-state index is 13.0. The average molecular weight is 366 g/mol. The second-order valence-corrected chi connectivity index (χ2v) is 6.98. The fourth-order valence-electron chi connectivity index (χ4n) is 1.95. The molecule has 134 valence electrons. The number of hydrogen-bond acceptors (Lipinski definition) is 4. The SMILES string of the molecule is CCCNS(=O)(=O)c1ccc(OCC(=O)Nc2cccc(F)c2)cc1. The molecule has 0 aliphatic rings. The molecule has 0 fully saturated rings. The number of rotatable bonds is 8. The van der Waals surface area contributed by atoms with E-state index in [-0.39, 0.29) is 11.5 Å². The van der Waals surface area contributed by atoms with Gasteiger partial charge < -0.3 is 10.1 Å². The quantitative estimate of drug-likeness (QED) is 0.752. The molecule has 1 amide bonds. The number of amides is 1. The molecule has 0 aliphatic carbocycles. The van der Waals surface area contributed by atoms with E-state index < -0.39 is 21.7 Å². The molecule has 0 aliphatic heterocycles. The average Bonchev–Trinajstić information content (AvgIpc) is 2.59. The van der Waals surface area contributed by atoms with Crippen LogP contribution in [0.15, 0.2) is 53.4 Å². The van der Waals surface area contributed by atoms with Gasteiger partial charge in [0.25, 0.3) is 5.91 Å². The number of benzene rings is 2. The summed E-state index contributed by atoms with van der Waals surface area (Å²) in [4.78, 5) is 11.9. The van der Waals surface area contributed by atoms with Crippen molar-refractivity contribution in [2.75, 3.05) is 18.5 Å². The molecule has 0 saturated heterocycles. The molecule has 0 saturated carbocycles. The molecule has 2 rings (SSSR count). The van der Waals surface area contributed by atoms with E-state index in [4.69, 9.17) is 4.74 Å². The van der Waals surface area contributed by atoms with Gasteiger partial charge in [-0.15, -0.1) is 0 Å². The molecule has 8 heteroatoms. The van der Waals surface area contributed by atoms with Crippen LogP contribution < -0.4 is 14.8 Å². The van der Waals surface area contributed by atoms with E-state index in [0.717, 1.165) is 0 Å². The number of ether oxygens (including phenoxy) is 1. The summed E-state index contributed by atoms with van der Waals surface area (Å²) >= 11 is 0. The Morgan fingerprint density at radius 2 is 1.88 bits per heavy atom. The van der Waals surface area contributed by atoms with E-state index in [1.165, 1.54) is 42.5 Å². The van der Waals surface area contributed by atoms with Crippen molar-refractivity contribution >= 4 is 21.6 Å². The summed E-state index contributed by atoms with van der Waals surface area (Å²) in [5.41, 5.74) is 0.331. The van der Waals surface area contributed by atoms with Crippen molar-refractivity contribution in [2.24, 2.45) is 0 Å². The Hall–Kier alpha value is -2.45. The van der Waals surface area contributed by atoms with Gasteiger partial charge in [0.15, 0.2) is 6.61 Å². The Morgan fingerprint density at radius 1 is 1.16 bits per heavy atom. The minimum Gasteiger partial charge on any atom is -0.484 e. The van der Waals surface area contributed by atoms with Gasteiger partial charge in [0, 0.05) is 12.2 Å². The van der Waals surface area contributed by atoms with Crippen LogP contribution in [0.5, 0.6) is 5.75 Å². The molecular weight excluding hydrogens is 347 g/mol. The Kier molecular flexibility index (Phi) is 6.49. The summed E-state index contributed by atoms with van der Waals surface area (Å²) in [6.45, 7) is 1.95. The highest BCUT2D eigenvalue weighted by atomic mass is 32.2. The van der Waals surface area contributed by atoms with Crippen LogP contribution in [0.25, 0.3) is 0 Å². The molecule has 0 radical (unpaired) electrons. The Morgan fingerprint density at radius 3 is 2.52 bits per heavy atom. The molecule has 6 nitrogen and oxygen atoms in total. The second kappa shape index (κ2) is 8.59. The first-order valence-corrected chi connectivity index (χ1v) is 9.17. The van der Waals surface area contributed by atoms with Crippen molar-refractivity contribution in [2.45, 2.75) is 18.2 Å². The highest BCUT2D eigenvalue weighted by Gasteiger charge is 2.13. The van der Waals surface area contributed by atoms with Crippen molar-refractivity contribution in [3.63, 3.8) is 0 Å². The lowest BCUT2D eigenvalue weighted by atomic mass is 10.3. The van der Waals surface area contributed by atoms with Crippen molar-refractivity contribution < 1.29 is 22.3 Å². The van der Waals surface area contributed by atoms with E-state index in [9.17, 15) is 17.6 Å². The first-order valence-electron chi connectivity index (χ1n) is 7.68. The Balaban J connectivity index is 1.90. The third-order valence-electron chi connectivity index (χ3n) is 3.15. The van der Waals surface area contributed by atoms with Crippen molar-refractivity contribution in [3.05, 3.63) is 54.3 Å². The lowest BCUT2D eigenvalue weighted by molar-refractivity contribution is -0.118. The number of anilines is 1. The zero-order chi connectivity index (χ0) is 18.3. The molecule has 0 spiro atoms. The fraction of sp³-hybridized carbons (Fsp3) is 0.235. The summed E-state index contributed by atoms with van der Waals surface area (Å²) in [5, 5.41) is 2.50. The zero-order valence-electron chi connectivity index (χ0n) is 13.7. The van der Waals surface area contributed by atoms with Crippen LogP contribution >= 0.6 is 0 Å². The van der Waals surface area contributed by atoms with Crippen molar-refractivity contribution in [1.29, 1.82) is 0 Å². The van der Waals surface area contributed by atoms with Crippen LogP contribution in [-0.2, 0) is 14.8 Å². The fourth-order valence-corrected chi connectivity index (χ4v) is 3.08. The number of nitrogens with one attached hydrogen (secondary N) is 2. The van der Waals surface area contributed by atoms with Gasteiger partial charge in [-0.05, 0) is 48.9 Å². The van der Waals surface area contributed by atoms with E-state index >= 15 is 0 Å². The first kappa shape index (κ1) is 18.9. The summed E-state index contributed by atoms with van der Waals surface area (Å²) in [6.07, 6.45) is 0.695. The van der Waals surface area contributed by atoms with Crippen LogP contribution in [0.4, 0.5) is 10.1 Å². The topological polar surface area (TPSA) is 84.5 Å². The van der Waals surface area contributed by atoms with Gasteiger partial charge in [-0.2, -0.15) is 0 Å². The predicted molar refractivity (Wildman–Crippen MR) is 92.4 cm³/mol. The van der Waals surface area contributed by atoms with Gasteiger partial charge in [-0.3, -0.25) is 4.79 Å². The van der Waals surface area contributed by atoms with Gasteiger partial charge in [0.2, 0.25) is 10.0 Å². The molecule has 0 atom stereocenters. The molecule has 0 unspecified atom stereocenters. The normalized spacial score (nSPS) is 11.1. The lowest BCUT2D eigenvalue weighted by Crippen LogP contribution is -2.24. The minimum absolute atomic E-state index is 0.123. The van der Waals surface area contributed by atoms with Crippen LogP contribution in [-0.4, -0.2) is 27.5 Å². The summed E-state index contributed by atoms with van der Waals surface area (Å²) in [6, 6.07) is 11.3. The standard InChI is InChI=1S/C17H19FN2O4S/c1-2-10-19-25(22,23)16-8-6-15(7-9-16)24-12-17(21)20-14-5-3-4-13(18)11-14/h3-9,11,19H,2,10,12H2,1H3,(H,20,21). The smallest absolute Gasteiger partial charge is 0.262 e. The van der Waals surface area contributed by atoms with Gasteiger partial charge in [0.05, 0.1) is 4.90 Å². The van der Waals surface area contributed by atoms with E-state index in [2.05, 4.69) is 10.0 Å². The molecule has 0 heterocycles. The Bertz CT molecular complexity index is 823. The molecule has 2 N–H and O–H groups in total. The van der Waals surface area contributed by atoms with Crippen LogP contribution in [0, 0.1) is 5.82 Å². The van der Waals surface area contributed by atoms with Gasteiger partial charge in [-0.1, -0.05) is 13.0 Å². The van der Waals surface area contributed by atoms with Crippen LogP contribution in [0.1, 0.15) is 13.3 Å². The van der Waals surface area contributed by atoms with Gasteiger partial charge >= 0.3 is 0 Å². The number of carbonyl (C=O) groups is 1. The molecule has 25 heavy (non-hydrogen) atoms. The van der Waals surface area contributed by atoms with E-state index in [0.29, 0.717) is 24.4 Å². The minimum atomic E-state index is -3.54. The summed E-state index contributed by atoms with van der Waals surface area (Å²) in [7, 11) is -3.54. The van der Waals surface area contributed by atoms with Crippen molar-refractivity contribution in [1.82, 2.24) is 4.72 Å². The maximum atomic E-state index is 13.0. The van der Waals surface area contributed by atoms with E-state index in [1.54, 1.807) is 6.07 Å². The Labute approximate surface area is 146 Å². The van der Waals surface area contributed by atoms with Crippen molar-refractivity contribution in [3.8, 4) is 5.75 Å². The summed E-state index contributed by atoms with van der Waals surface area (Å²) in [5.74, 6) is -0.553. The van der Waals surface area contributed by atoms with Crippen LogP contribution in [0.3, 0.4) is 0 Å². The maximum Gasteiger partial charge on any atom is 0.262 e. The highest BCUT2D eigenvalue weighted by Crippen LogP contribution is 2.16. The number of sulfonamides is 1. The van der Waals surface area contributed by atoms with Gasteiger partial charge in [0.1, 0.15) is 11.6 Å².